The summed E-state index contributed by atoms with van der Waals surface area (Å²) < 4.78 is 10.9. The molecule has 2 N–H and O–H groups in total. The van der Waals surface area contributed by atoms with E-state index in [-0.39, 0.29) is 18.8 Å². The molecule has 134 valence electrons. The molecule has 1 atom stereocenters. The molecule has 5 heteroatoms. The van der Waals surface area contributed by atoms with Gasteiger partial charge in [0.2, 0.25) is 0 Å². The molecule has 0 aliphatic rings. The van der Waals surface area contributed by atoms with Crippen LogP contribution in [0.5, 0.6) is 5.75 Å². The van der Waals surface area contributed by atoms with Crippen molar-refractivity contribution in [3.05, 3.63) is 65.7 Å². The molecule has 0 saturated heterocycles. The third kappa shape index (κ3) is 6.47. The van der Waals surface area contributed by atoms with Gasteiger partial charge in [0, 0.05) is 0 Å². The van der Waals surface area contributed by atoms with Crippen LogP contribution in [-0.4, -0.2) is 23.4 Å². The summed E-state index contributed by atoms with van der Waals surface area (Å²) in [5, 5.41) is 12.2. The SMILES string of the molecule is CC(C)(C)Oc1ccc([C@@H](CO)NC(=O)OCc2ccccc2)cc1. The molecule has 2 rings (SSSR count). The molecule has 0 radical (unpaired) electrons. The van der Waals surface area contributed by atoms with Crippen LogP contribution in [0.1, 0.15) is 37.9 Å². The molecular formula is C20H25NO4. The van der Waals surface area contributed by atoms with Crippen molar-refractivity contribution >= 4 is 6.09 Å². The Bertz CT molecular complexity index is 662. The molecule has 1 amide bonds. The summed E-state index contributed by atoms with van der Waals surface area (Å²) in [6.07, 6.45) is -0.571. The van der Waals surface area contributed by atoms with Crippen LogP contribution >= 0.6 is 0 Å². The quantitative estimate of drug-likeness (QED) is 0.836. The van der Waals surface area contributed by atoms with E-state index in [1.54, 1.807) is 0 Å². The normalized spacial score (nSPS) is 12.3. The van der Waals surface area contributed by atoms with Crippen molar-refractivity contribution in [2.75, 3.05) is 6.61 Å². The lowest BCUT2D eigenvalue weighted by molar-refractivity contribution is 0.129. The molecule has 0 aromatic heterocycles. The first-order chi connectivity index (χ1) is 11.9. The summed E-state index contributed by atoms with van der Waals surface area (Å²) in [4.78, 5) is 11.9. The van der Waals surface area contributed by atoms with Crippen LogP contribution in [0.2, 0.25) is 0 Å². The number of nitrogens with one attached hydrogen (secondary N) is 1. The van der Waals surface area contributed by atoms with E-state index in [0.717, 1.165) is 16.9 Å². The molecular weight excluding hydrogens is 318 g/mol. The maximum absolute atomic E-state index is 11.9. The van der Waals surface area contributed by atoms with Gasteiger partial charge in [-0.05, 0) is 44.0 Å². The predicted octanol–water partition coefficient (Wildman–Crippen LogP) is 3.82. The van der Waals surface area contributed by atoms with E-state index in [1.165, 1.54) is 0 Å². The minimum absolute atomic E-state index is 0.184. The zero-order chi connectivity index (χ0) is 18.3. The fourth-order valence-corrected chi connectivity index (χ4v) is 2.26. The average molecular weight is 343 g/mol. The Morgan fingerprint density at radius 2 is 1.72 bits per heavy atom. The maximum Gasteiger partial charge on any atom is 0.408 e. The van der Waals surface area contributed by atoms with Gasteiger partial charge in [-0.25, -0.2) is 4.79 Å². The minimum Gasteiger partial charge on any atom is -0.488 e. The Morgan fingerprint density at radius 3 is 2.28 bits per heavy atom. The van der Waals surface area contributed by atoms with Gasteiger partial charge in [-0.3, -0.25) is 0 Å². The fraction of sp³-hybridized carbons (Fsp3) is 0.350. The highest BCUT2D eigenvalue weighted by Gasteiger charge is 2.16. The van der Waals surface area contributed by atoms with E-state index in [4.69, 9.17) is 9.47 Å². The predicted molar refractivity (Wildman–Crippen MR) is 96.4 cm³/mol. The van der Waals surface area contributed by atoms with Crippen molar-refractivity contribution < 1.29 is 19.4 Å². The summed E-state index contributed by atoms with van der Waals surface area (Å²) in [6, 6.07) is 16.2. The molecule has 0 saturated carbocycles. The topological polar surface area (TPSA) is 67.8 Å². The van der Waals surface area contributed by atoms with Gasteiger partial charge >= 0.3 is 6.09 Å². The average Bonchev–Trinajstić information content (AvgIpc) is 2.58. The number of amides is 1. The molecule has 0 fully saturated rings. The Morgan fingerprint density at radius 1 is 1.08 bits per heavy atom. The van der Waals surface area contributed by atoms with Gasteiger partial charge in [0.05, 0.1) is 12.6 Å². The van der Waals surface area contributed by atoms with Crippen molar-refractivity contribution in [3.8, 4) is 5.75 Å². The molecule has 2 aromatic rings. The fourth-order valence-electron chi connectivity index (χ4n) is 2.26. The lowest BCUT2D eigenvalue weighted by atomic mass is 10.1. The van der Waals surface area contributed by atoms with Crippen molar-refractivity contribution in [1.29, 1.82) is 0 Å². The third-order valence-electron chi connectivity index (χ3n) is 3.39. The summed E-state index contributed by atoms with van der Waals surface area (Å²) in [6.45, 7) is 5.88. The van der Waals surface area contributed by atoms with E-state index >= 15 is 0 Å². The van der Waals surface area contributed by atoms with Crippen molar-refractivity contribution in [2.24, 2.45) is 0 Å². The van der Waals surface area contributed by atoms with E-state index < -0.39 is 12.1 Å². The highest BCUT2D eigenvalue weighted by Crippen LogP contribution is 2.21. The van der Waals surface area contributed by atoms with E-state index in [2.05, 4.69) is 5.32 Å². The smallest absolute Gasteiger partial charge is 0.408 e. The van der Waals surface area contributed by atoms with Crippen LogP contribution in [0.4, 0.5) is 4.79 Å². The van der Waals surface area contributed by atoms with E-state index in [1.807, 2.05) is 75.4 Å². The van der Waals surface area contributed by atoms with Gasteiger partial charge in [-0.15, -0.1) is 0 Å². The van der Waals surface area contributed by atoms with Crippen LogP contribution in [0.15, 0.2) is 54.6 Å². The Hall–Kier alpha value is -2.53. The van der Waals surface area contributed by atoms with E-state index in [9.17, 15) is 9.90 Å². The number of ether oxygens (including phenoxy) is 2. The molecule has 5 nitrogen and oxygen atoms in total. The monoisotopic (exact) mass is 343 g/mol. The van der Waals surface area contributed by atoms with Gasteiger partial charge in [-0.1, -0.05) is 42.5 Å². The summed E-state index contributed by atoms with van der Waals surface area (Å²) in [5.41, 5.74) is 1.40. The van der Waals surface area contributed by atoms with Gasteiger partial charge < -0.3 is 19.9 Å². The Labute approximate surface area is 148 Å². The lowest BCUT2D eigenvalue weighted by Crippen LogP contribution is -2.31. The lowest BCUT2D eigenvalue weighted by Gasteiger charge is -2.22. The number of hydrogen-bond donors (Lipinski definition) is 2. The maximum atomic E-state index is 11.9. The van der Waals surface area contributed by atoms with Crippen LogP contribution in [-0.2, 0) is 11.3 Å². The third-order valence-corrected chi connectivity index (χ3v) is 3.39. The number of hydrogen-bond acceptors (Lipinski definition) is 4. The number of alkyl carbamates (subject to hydrolysis) is 1. The zero-order valence-corrected chi connectivity index (χ0v) is 14.9. The molecule has 0 heterocycles. The standard InChI is InChI=1S/C20H25NO4/c1-20(2,3)25-17-11-9-16(10-12-17)18(13-22)21-19(23)24-14-15-7-5-4-6-8-15/h4-12,18,22H,13-14H2,1-3H3,(H,21,23)/t18-/m1/s1. The number of carbonyl (C=O) groups is 1. The number of benzene rings is 2. The summed E-state index contributed by atoms with van der Waals surface area (Å²) in [7, 11) is 0. The molecule has 0 aliphatic heterocycles. The largest absolute Gasteiger partial charge is 0.488 e. The minimum atomic E-state index is -0.571. The molecule has 2 aromatic carbocycles. The molecule has 0 spiro atoms. The number of rotatable bonds is 6. The first kappa shape index (κ1) is 18.8. The van der Waals surface area contributed by atoms with Crippen LogP contribution in [0.25, 0.3) is 0 Å². The van der Waals surface area contributed by atoms with Gasteiger partial charge in [-0.2, -0.15) is 0 Å². The van der Waals surface area contributed by atoms with Crippen LogP contribution in [0.3, 0.4) is 0 Å². The molecule has 0 aliphatic carbocycles. The van der Waals surface area contributed by atoms with Gasteiger partial charge in [0.1, 0.15) is 18.0 Å². The molecule has 0 bridgehead atoms. The van der Waals surface area contributed by atoms with Crippen molar-refractivity contribution in [1.82, 2.24) is 5.32 Å². The van der Waals surface area contributed by atoms with Gasteiger partial charge in [0.15, 0.2) is 0 Å². The van der Waals surface area contributed by atoms with E-state index in [0.29, 0.717) is 0 Å². The second kappa shape index (κ2) is 8.53. The second-order valence-electron chi connectivity index (χ2n) is 6.72. The first-order valence-electron chi connectivity index (χ1n) is 8.24. The van der Waals surface area contributed by atoms with Crippen molar-refractivity contribution in [2.45, 2.75) is 39.0 Å². The van der Waals surface area contributed by atoms with Crippen LogP contribution in [0, 0.1) is 0 Å². The van der Waals surface area contributed by atoms with Crippen LogP contribution < -0.4 is 10.1 Å². The number of carbonyl (C=O) groups excluding carboxylic acids is 1. The number of aliphatic hydroxyl groups is 1. The highest BCUT2D eigenvalue weighted by molar-refractivity contribution is 5.68. The first-order valence-corrected chi connectivity index (χ1v) is 8.24. The Balaban J connectivity index is 1.91. The second-order valence-corrected chi connectivity index (χ2v) is 6.72. The van der Waals surface area contributed by atoms with Gasteiger partial charge in [0.25, 0.3) is 0 Å². The molecule has 25 heavy (non-hydrogen) atoms. The number of aliphatic hydroxyl groups excluding tert-OH is 1. The van der Waals surface area contributed by atoms with Crippen molar-refractivity contribution in [3.63, 3.8) is 0 Å². The summed E-state index contributed by atoms with van der Waals surface area (Å²) >= 11 is 0. The molecule has 0 unspecified atom stereocenters. The Kier molecular flexibility index (Phi) is 6.42. The summed E-state index contributed by atoms with van der Waals surface area (Å²) in [5.74, 6) is 0.736. The zero-order valence-electron chi connectivity index (χ0n) is 14.9. The highest BCUT2D eigenvalue weighted by atomic mass is 16.5.